The van der Waals surface area contributed by atoms with Gasteiger partial charge in [0.2, 0.25) is 0 Å². The first-order valence-electron chi connectivity index (χ1n) is 6.80. The van der Waals surface area contributed by atoms with Crippen LogP contribution in [0.15, 0.2) is 18.2 Å². The molecule has 6 nitrogen and oxygen atoms in total. The highest BCUT2D eigenvalue weighted by Crippen LogP contribution is 2.25. The minimum Gasteiger partial charge on any atom is -0.376 e. The fourth-order valence-electron chi connectivity index (χ4n) is 2.35. The predicted octanol–water partition coefficient (Wildman–Crippen LogP) is 2.89. The van der Waals surface area contributed by atoms with Crippen molar-refractivity contribution in [1.82, 2.24) is 4.90 Å². The Balaban J connectivity index is 2.04. The number of hydrogen-bond donors (Lipinski definition) is 0. The summed E-state index contributed by atoms with van der Waals surface area (Å²) in [6.07, 6.45) is 3.17. The quantitative estimate of drug-likeness (QED) is 0.633. The summed E-state index contributed by atoms with van der Waals surface area (Å²) >= 11 is 5.83. The molecule has 0 aromatic heterocycles. The number of nitro benzene ring substituents is 1. The van der Waals surface area contributed by atoms with Crippen LogP contribution in [0.4, 0.5) is 5.69 Å². The maximum Gasteiger partial charge on any atom is 0.287 e. The number of amides is 1. The maximum absolute atomic E-state index is 12.3. The standard InChI is InChI=1S/C14H17ClN2O4/c1-16(9-11-4-2-3-7-21-11)14(18)10-5-6-13(17(19)20)12(15)8-10/h5-6,8,11H,2-4,7,9H2,1H3. The number of ether oxygens (including phenoxy) is 1. The number of carbonyl (C=O) groups is 1. The second-order valence-electron chi connectivity index (χ2n) is 5.10. The third-order valence-corrected chi connectivity index (χ3v) is 3.79. The molecule has 1 heterocycles. The van der Waals surface area contributed by atoms with Gasteiger partial charge in [-0.1, -0.05) is 11.6 Å². The Labute approximate surface area is 127 Å². The lowest BCUT2D eigenvalue weighted by Crippen LogP contribution is -2.37. The fraction of sp³-hybridized carbons (Fsp3) is 0.500. The molecule has 0 spiro atoms. The van der Waals surface area contributed by atoms with E-state index >= 15 is 0 Å². The van der Waals surface area contributed by atoms with Crippen molar-refractivity contribution in [2.24, 2.45) is 0 Å². The number of rotatable bonds is 4. The van der Waals surface area contributed by atoms with E-state index in [0.29, 0.717) is 12.1 Å². The topological polar surface area (TPSA) is 72.7 Å². The third kappa shape index (κ3) is 3.92. The molecule has 1 aromatic carbocycles. The summed E-state index contributed by atoms with van der Waals surface area (Å²) in [4.78, 5) is 24.0. The van der Waals surface area contributed by atoms with Crippen molar-refractivity contribution in [1.29, 1.82) is 0 Å². The Morgan fingerprint density at radius 2 is 2.29 bits per heavy atom. The van der Waals surface area contributed by atoms with E-state index < -0.39 is 4.92 Å². The lowest BCUT2D eigenvalue weighted by atomic mass is 10.1. The van der Waals surface area contributed by atoms with Crippen molar-refractivity contribution in [3.63, 3.8) is 0 Å². The zero-order valence-corrected chi connectivity index (χ0v) is 12.5. The van der Waals surface area contributed by atoms with Crippen LogP contribution in [0.3, 0.4) is 0 Å². The second-order valence-corrected chi connectivity index (χ2v) is 5.50. The summed E-state index contributed by atoms with van der Waals surface area (Å²) in [6, 6.07) is 4.01. The lowest BCUT2D eigenvalue weighted by Gasteiger charge is -2.27. The number of halogens is 1. The Bertz CT molecular complexity index is 544. The molecule has 0 bridgehead atoms. The van der Waals surface area contributed by atoms with Crippen LogP contribution < -0.4 is 0 Å². The molecule has 1 unspecified atom stereocenters. The monoisotopic (exact) mass is 312 g/mol. The summed E-state index contributed by atoms with van der Waals surface area (Å²) in [7, 11) is 1.69. The first kappa shape index (κ1) is 15.7. The van der Waals surface area contributed by atoms with Crippen LogP contribution in [0.2, 0.25) is 5.02 Å². The predicted molar refractivity (Wildman–Crippen MR) is 78.7 cm³/mol. The average Bonchev–Trinajstić information content (AvgIpc) is 2.47. The number of nitro groups is 1. The molecule has 1 amide bonds. The van der Waals surface area contributed by atoms with Crippen molar-refractivity contribution in [2.75, 3.05) is 20.2 Å². The van der Waals surface area contributed by atoms with Gasteiger partial charge in [0.25, 0.3) is 11.6 Å². The molecular weight excluding hydrogens is 296 g/mol. The van der Waals surface area contributed by atoms with E-state index in [1.165, 1.54) is 18.2 Å². The number of carbonyl (C=O) groups excluding carboxylic acids is 1. The van der Waals surface area contributed by atoms with Gasteiger partial charge in [-0.25, -0.2) is 0 Å². The minimum absolute atomic E-state index is 0.0341. The largest absolute Gasteiger partial charge is 0.376 e. The van der Waals surface area contributed by atoms with Crippen LogP contribution in [0, 0.1) is 10.1 Å². The van der Waals surface area contributed by atoms with E-state index in [1.807, 2.05) is 0 Å². The van der Waals surface area contributed by atoms with Gasteiger partial charge in [0, 0.05) is 31.8 Å². The Morgan fingerprint density at radius 3 is 2.86 bits per heavy atom. The molecule has 0 radical (unpaired) electrons. The van der Waals surface area contributed by atoms with Crippen LogP contribution in [0.25, 0.3) is 0 Å². The molecule has 1 fully saturated rings. The van der Waals surface area contributed by atoms with E-state index in [9.17, 15) is 14.9 Å². The molecule has 0 N–H and O–H groups in total. The highest BCUT2D eigenvalue weighted by Gasteiger charge is 2.21. The van der Waals surface area contributed by atoms with Crippen molar-refractivity contribution in [3.05, 3.63) is 38.9 Å². The molecule has 7 heteroatoms. The second kappa shape index (κ2) is 6.87. The molecule has 2 rings (SSSR count). The van der Waals surface area contributed by atoms with Crippen LogP contribution in [-0.2, 0) is 4.74 Å². The van der Waals surface area contributed by atoms with Crippen LogP contribution in [0.5, 0.6) is 0 Å². The first-order valence-corrected chi connectivity index (χ1v) is 7.18. The van der Waals surface area contributed by atoms with Gasteiger partial charge in [0.1, 0.15) is 5.02 Å². The molecule has 1 saturated heterocycles. The van der Waals surface area contributed by atoms with E-state index in [0.717, 1.165) is 25.9 Å². The zero-order valence-electron chi connectivity index (χ0n) is 11.8. The molecule has 1 aromatic rings. The highest BCUT2D eigenvalue weighted by atomic mass is 35.5. The zero-order chi connectivity index (χ0) is 15.4. The molecule has 0 saturated carbocycles. The summed E-state index contributed by atoms with van der Waals surface area (Å²) in [5, 5.41) is 10.7. The van der Waals surface area contributed by atoms with E-state index in [2.05, 4.69) is 0 Å². The van der Waals surface area contributed by atoms with Gasteiger partial charge in [0.05, 0.1) is 11.0 Å². The van der Waals surface area contributed by atoms with Crippen LogP contribution >= 0.6 is 11.6 Å². The van der Waals surface area contributed by atoms with Crippen molar-refractivity contribution in [3.8, 4) is 0 Å². The molecule has 114 valence electrons. The van der Waals surface area contributed by atoms with E-state index in [-0.39, 0.29) is 22.7 Å². The van der Waals surface area contributed by atoms with Crippen LogP contribution in [0.1, 0.15) is 29.6 Å². The van der Waals surface area contributed by atoms with Gasteiger partial charge in [-0.2, -0.15) is 0 Å². The fourth-order valence-corrected chi connectivity index (χ4v) is 2.60. The van der Waals surface area contributed by atoms with Gasteiger partial charge in [-0.3, -0.25) is 14.9 Å². The SMILES string of the molecule is CN(CC1CCCCO1)C(=O)c1ccc([N+](=O)[O-])c(Cl)c1. The Morgan fingerprint density at radius 1 is 1.52 bits per heavy atom. The molecule has 1 aliphatic heterocycles. The summed E-state index contributed by atoms with van der Waals surface area (Å²) in [5.74, 6) is -0.221. The molecule has 21 heavy (non-hydrogen) atoms. The van der Waals surface area contributed by atoms with Gasteiger partial charge in [-0.15, -0.1) is 0 Å². The van der Waals surface area contributed by atoms with Gasteiger partial charge in [0.15, 0.2) is 0 Å². The lowest BCUT2D eigenvalue weighted by molar-refractivity contribution is -0.384. The normalized spacial score (nSPS) is 18.3. The van der Waals surface area contributed by atoms with Gasteiger partial charge < -0.3 is 9.64 Å². The number of benzene rings is 1. The average molecular weight is 313 g/mol. The number of nitrogens with zero attached hydrogens (tertiary/aromatic N) is 2. The van der Waals surface area contributed by atoms with Crippen LogP contribution in [-0.4, -0.2) is 42.0 Å². The van der Waals surface area contributed by atoms with E-state index in [4.69, 9.17) is 16.3 Å². The van der Waals surface area contributed by atoms with E-state index in [1.54, 1.807) is 11.9 Å². The highest BCUT2D eigenvalue weighted by molar-refractivity contribution is 6.33. The van der Waals surface area contributed by atoms with Crippen molar-refractivity contribution < 1.29 is 14.5 Å². The number of likely N-dealkylation sites (N-methyl/N-ethyl adjacent to an activating group) is 1. The molecule has 1 aliphatic rings. The smallest absolute Gasteiger partial charge is 0.287 e. The van der Waals surface area contributed by atoms with Crippen molar-refractivity contribution >= 4 is 23.2 Å². The third-order valence-electron chi connectivity index (χ3n) is 3.49. The Hall–Kier alpha value is -1.66. The molecule has 1 atom stereocenters. The molecular formula is C14H17ClN2O4. The first-order chi connectivity index (χ1) is 9.99. The summed E-state index contributed by atoms with van der Waals surface area (Å²) in [5.41, 5.74) is 0.135. The summed E-state index contributed by atoms with van der Waals surface area (Å²) in [6.45, 7) is 1.24. The summed E-state index contributed by atoms with van der Waals surface area (Å²) < 4.78 is 5.60. The van der Waals surface area contributed by atoms with Gasteiger partial charge in [-0.05, 0) is 31.4 Å². The minimum atomic E-state index is -0.573. The molecule has 0 aliphatic carbocycles. The van der Waals surface area contributed by atoms with Crippen molar-refractivity contribution in [2.45, 2.75) is 25.4 Å². The Kier molecular flexibility index (Phi) is 5.14. The van der Waals surface area contributed by atoms with Gasteiger partial charge >= 0.3 is 0 Å². The number of hydrogen-bond acceptors (Lipinski definition) is 4. The maximum atomic E-state index is 12.3.